The summed E-state index contributed by atoms with van der Waals surface area (Å²) in [7, 11) is 1.75. The lowest BCUT2D eigenvalue weighted by molar-refractivity contribution is -0.110. The van der Waals surface area contributed by atoms with Gasteiger partial charge in [0, 0.05) is 54.7 Å². The van der Waals surface area contributed by atoms with Gasteiger partial charge in [-0.15, -0.1) is 0 Å². The van der Waals surface area contributed by atoms with Gasteiger partial charge in [0.2, 0.25) is 0 Å². The molecule has 1 heterocycles. The lowest BCUT2D eigenvalue weighted by atomic mass is 9.98. The highest BCUT2D eigenvalue weighted by molar-refractivity contribution is 6.37. The largest absolute Gasteiger partial charge is 0.354 e. The Morgan fingerprint density at radius 3 is 2.15 bits per heavy atom. The number of carbonyl (C=O) groups is 3. The normalized spacial score (nSPS) is 13.5. The monoisotopic (exact) mass is 539 g/mol. The van der Waals surface area contributed by atoms with Crippen LogP contribution >= 0.6 is 0 Å². The van der Waals surface area contributed by atoms with E-state index in [1.165, 1.54) is 0 Å². The highest BCUT2D eigenvalue weighted by Gasteiger charge is 2.29. The molecule has 3 N–H and O–H groups in total. The molecule has 0 fully saturated rings. The van der Waals surface area contributed by atoms with Gasteiger partial charge in [0.15, 0.2) is 0 Å². The minimum absolute atomic E-state index is 0.101. The first-order valence-corrected chi connectivity index (χ1v) is 13.7. The number of rotatable bonds is 11. The summed E-state index contributed by atoms with van der Waals surface area (Å²) in [5, 5.41) is 9.33. The number of nitrogens with zero attached hydrogens (tertiary/aromatic N) is 2. The fourth-order valence-corrected chi connectivity index (χ4v) is 4.62. The molecule has 1 aliphatic rings. The highest BCUT2D eigenvalue weighted by atomic mass is 16.2. The Bertz CT molecular complexity index is 1400. The van der Waals surface area contributed by atoms with E-state index in [1.54, 1.807) is 36.2 Å². The van der Waals surface area contributed by atoms with Crippen molar-refractivity contribution < 1.29 is 14.4 Å². The molecule has 40 heavy (non-hydrogen) atoms. The maximum Gasteiger partial charge on any atom is 0.258 e. The second-order valence-electron chi connectivity index (χ2n) is 9.63. The molecule has 0 saturated carbocycles. The fraction of sp³-hybridized carbons (Fsp3) is 0.281. The van der Waals surface area contributed by atoms with E-state index in [0.29, 0.717) is 41.2 Å². The van der Waals surface area contributed by atoms with Crippen LogP contribution in [0.1, 0.15) is 52.6 Å². The number of hydrogen-bond donors (Lipinski definition) is 3. The van der Waals surface area contributed by atoms with E-state index in [4.69, 9.17) is 0 Å². The molecule has 3 aromatic carbocycles. The van der Waals surface area contributed by atoms with E-state index in [0.717, 1.165) is 36.4 Å². The molecule has 1 aliphatic heterocycles. The second-order valence-corrected chi connectivity index (χ2v) is 9.63. The Hall–Kier alpha value is -4.43. The SMILES string of the molecule is CCN(CC)CCNC(=O)c1ccc(N/C(=C2\C(=O)Nc3cc(C(=O)N(C)CC)ccc32)c2ccccc2)cc1. The molecule has 8 nitrogen and oxygen atoms in total. The van der Waals surface area contributed by atoms with Crippen LogP contribution in [0.4, 0.5) is 11.4 Å². The summed E-state index contributed by atoms with van der Waals surface area (Å²) in [5.41, 5.74) is 5.11. The molecule has 0 atom stereocenters. The van der Waals surface area contributed by atoms with Gasteiger partial charge in [-0.2, -0.15) is 0 Å². The highest BCUT2D eigenvalue weighted by Crippen LogP contribution is 2.38. The zero-order valence-corrected chi connectivity index (χ0v) is 23.6. The molecule has 4 rings (SSSR count). The Labute approximate surface area is 236 Å². The van der Waals surface area contributed by atoms with Gasteiger partial charge in [0.1, 0.15) is 0 Å². The lowest BCUT2D eigenvalue weighted by Gasteiger charge is -2.18. The predicted molar refractivity (Wildman–Crippen MR) is 161 cm³/mol. The smallest absolute Gasteiger partial charge is 0.258 e. The molecule has 0 aromatic heterocycles. The molecule has 3 aromatic rings. The van der Waals surface area contributed by atoms with Crippen LogP contribution in [0, 0.1) is 0 Å². The lowest BCUT2D eigenvalue weighted by Crippen LogP contribution is -2.34. The van der Waals surface area contributed by atoms with Gasteiger partial charge in [0.05, 0.1) is 11.3 Å². The number of fused-ring (bicyclic) bond motifs is 1. The Morgan fingerprint density at radius 2 is 1.50 bits per heavy atom. The average molecular weight is 540 g/mol. The molecule has 8 heteroatoms. The third kappa shape index (κ3) is 6.40. The van der Waals surface area contributed by atoms with Gasteiger partial charge >= 0.3 is 0 Å². The van der Waals surface area contributed by atoms with Crippen molar-refractivity contribution in [1.29, 1.82) is 0 Å². The molecule has 0 spiro atoms. The van der Waals surface area contributed by atoms with Gasteiger partial charge < -0.3 is 25.8 Å². The number of likely N-dealkylation sites (N-methyl/N-ethyl adjacent to an activating group) is 1. The summed E-state index contributed by atoms with van der Waals surface area (Å²) in [6, 6.07) is 22.1. The van der Waals surface area contributed by atoms with Crippen molar-refractivity contribution in [2.45, 2.75) is 20.8 Å². The number of carbonyl (C=O) groups excluding carboxylic acids is 3. The third-order valence-corrected chi connectivity index (χ3v) is 7.17. The second kappa shape index (κ2) is 13.1. The minimum Gasteiger partial charge on any atom is -0.354 e. The summed E-state index contributed by atoms with van der Waals surface area (Å²) in [6.07, 6.45) is 0. The van der Waals surface area contributed by atoms with Gasteiger partial charge in [-0.25, -0.2) is 0 Å². The van der Waals surface area contributed by atoms with Gasteiger partial charge in [-0.1, -0.05) is 50.2 Å². The standard InChI is InChI=1S/C32H37N5O3/c1-5-36(4)32(40)24-15-18-26-27(21-24)35-31(39)28(26)29(22-11-9-8-10-12-22)34-25-16-13-23(14-17-25)30(38)33-19-20-37(6-2)7-3/h8-18,21,34H,5-7,19-20H2,1-4H3,(H,33,38)(H,35,39)/b29-28-. The maximum absolute atomic E-state index is 13.3. The van der Waals surface area contributed by atoms with Crippen LogP contribution in [0.5, 0.6) is 0 Å². The molecule has 0 radical (unpaired) electrons. The van der Waals surface area contributed by atoms with Crippen molar-refractivity contribution in [3.8, 4) is 0 Å². The minimum atomic E-state index is -0.251. The van der Waals surface area contributed by atoms with Crippen LogP contribution in [0.25, 0.3) is 11.3 Å². The first kappa shape index (κ1) is 28.6. The van der Waals surface area contributed by atoms with E-state index in [9.17, 15) is 14.4 Å². The zero-order chi connectivity index (χ0) is 28.6. The van der Waals surface area contributed by atoms with Gasteiger partial charge in [-0.3, -0.25) is 14.4 Å². The van der Waals surface area contributed by atoms with Crippen LogP contribution in [0.15, 0.2) is 72.8 Å². The summed E-state index contributed by atoms with van der Waals surface area (Å²) >= 11 is 0. The van der Waals surface area contributed by atoms with Crippen molar-refractivity contribution in [2.24, 2.45) is 0 Å². The van der Waals surface area contributed by atoms with E-state index in [1.807, 2.05) is 55.5 Å². The van der Waals surface area contributed by atoms with Crippen molar-refractivity contribution in [3.63, 3.8) is 0 Å². The van der Waals surface area contributed by atoms with E-state index in [-0.39, 0.29) is 17.7 Å². The number of benzene rings is 3. The number of amides is 3. The zero-order valence-electron chi connectivity index (χ0n) is 23.6. The first-order valence-electron chi connectivity index (χ1n) is 13.7. The summed E-state index contributed by atoms with van der Waals surface area (Å²) in [5.74, 6) is -0.474. The van der Waals surface area contributed by atoms with Crippen LogP contribution in [0.2, 0.25) is 0 Å². The maximum atomic E-state index is 13.3. The van der Waals surface area contributed by atoms with Crippen LogP contribution in [-0.2, 0) is 4.79 Å². The molecule has 0 unspecified atom stereocenters. The van der Waals surface area contributed by atoms with E-state index < -0.39 is 0 Å². The molecule has 0 aliphatic carbocycles. The first-order chi connectivity index (χ1) is 19.4. The molecular weight excluding hydrogens is 502 g/mol. The Morgan fingerprint density at radius 1 is 0.825 bits per heavy atom. The summed E-state index contributed by atoms with van der Waals surface area (Å²) < 4.78 is 0. The predicted octanol–water partition coefficient (Wildman–Crippen LogP) is 4.78. The molecule has 3 amide bonds. The van der Waals surface area contributed by atoms with E-state index in [2.05, 4.69) is 34.7 Å². The number of anilines is 2. The van der Waals surface area contributed by atoms with Crippen molar-refractivity contribution in [2.75, 3.05) is 50.4 Å². The number of hydrogen-bond acceptors (Lipinski definition) is 5. The Kier molecular flexibility index (Phi) is 9.35. The average Bonchev–Trinajstić information content (AvgIpc) is 3.32. The third-order valence-electron chi connectivity index (χ3n) is 7.17. The fourth-order valence-electron chi connectivity index (χ4n) is 4.62. The van der Waals surface area contributed by atoms with Gasteiger partial charge in [-0.05, 0) is 62.0 Å². The number of nitrogens with one attached hydrogen (secondary N) is 3. The van der Waals surface area contributed by atoms with Crippen molar-refractivity contribution >= 4 is 40.4 Å². The molecular formula is C32H37N5O3. The summed E-state index contributed by atoms with van der Waals surface area (Å²) in [4.78, 5) is 42.5. The topological polar surface area (TPSA) is 93.8 Å². The molecule has 0 saturated heterocycles. The van der Waals surface area contributed by atoms with E-state index >= 15 is 0 Å². The van der Waals surface area contributed by atoms with Crippen LogP contribution < -0.4 is 16.0 Å². The Balaban J connectivity index is 1.61. The molecule has 0 bridgehead atoms. The van der Waals surface area contributed by atoms with Gasteiger partial charge in [0.25, 0.3) is 17.7 Å². The quantitative estimate of drug-likeness (QED) is 0.305. The van der Waals surface area contributed by atoms with Crippen LogP contribution in [0.3, 0.4) is 0 Å². The summed E-state index contributed by atoms with van der Waals surface area (Å²) in [6.45, 7) is 10.0. The molecule has 208 valence electrons. The van der Waals surface area contributed by atoms with Crippen molar-refractivity contribution in [1.82, 2.24) is 15.1 Å². The van der Waals surface area contributed by atoms with Crippen molar-refractivity contribution in [3.05, 3.63) is 95.1 Å². The van der Waals surface area contributed by atoms with Crippen LogP contribution in [-0.4, -0.2) is 67.3 Å².